The van der Waals surface area contributed by atoms with Gasteiger partial charge in [-0.15, -0.1) is 0 Å². The van der Waals surface area contributed by atoms with Crippen LogP contribution >= 0.6 is 15.6 Å². The van der Waals surface area contributed by atoms with Gasteiger partial charge in [-0.2, -0.15) is 0 Å². The number of ether oxygens (including phenoxy) is 4. The second-order valence-electron chi connectivity index (χ2n) is 32.2. The van der Waals surface area contributed by atoms with Crippen molar-refractivity contribution >= 4 is 39.5 Å². The van der Waals surface area contributed by atoms with Crippen LogP contribution < -0.4 is 0 Å². The van der Waals surface area contributed by atoms with Crippen LogP contribution in [-0.4, -0.2) is 96.7 Å². The van der Waals surface area contributed by atoms with E-state index in [0.29, 0.717) is 25.7 Å². The van der Waals surface area contributed by atoms with Crippen molar-refractivity contribution in [2.75, 3.05) is 39.6 Å². The van der Waals surface area contributed by atoms with E-state index in [4.69, 9.17) is 37.0 Å². The van der Waals surface area contributed by atoms with E-state index < -0.39 is 97.5 Å². The van der Waals surface area contributed by atoms with E-state index in [1.807, 2.05) is 0 Å². The number of aliphatic hydroxyl groups is 1. The highest BCUT2D eigenvalue weighted by molar-refractivity contribution is 7.47. The number of hydrogen-bond donors (Lipinski definition) is 3. The van der Waals surface area contributed by atoms with Gasteiger partial charge >= 0.3 is 39.5 Å². The summed E-state index contributed by atoms with van der Waals surface area (Å²) in [4.78, 5) is 73.1. The van der Waals surface area contributed by atoms with Crippen LogP contribution in [0.3, 0.4) is 0 Å². The van der Waals surface area contributed by atoms with Gasteiger partial charge in [0.05, 0.1) is 26.4 Å². The summed E-state index contributed by atoms with van der Waals surface area (Å²) >= 11 is 0. The van der Waals surface area contributed by atoms with Crippen LogP contribution in [0.2, 0.25) is 0 Å². The number of phosphoric ester groups is 2. The molecule has 3 N–H and O–H groups in total. The van der Waals surface area contributed by atoms with E-state index in [2.05, 4.69) is 41.5 Å². The number of rotatable bonds is 86. The van der Waals surface area contributed by atoms with Crippen molar-refractivity contribution in [1.29, 1.82) is 0 Å². The van der Waals surface area contributed by atoms with Crippen LogP contribution in [0.25, 0.3) is 0 Å². The second-order valence-corrected chi connectivity index (χ2v) is 35.1. The first-order chi connectivity index (χ1) is 51.4. The molecule has 0 bridgehead atoms. The Morgan fingerprint density at radius 1 is 0.255 bits per heavy atom. The zero-order valence-corrected chi connectivity index (χ0v) is 71.5. The van der Waals surface area contributed by atoms with Crippen LogP contribution in [0.4, 0.5) is 0 Å². The van der Waals surface area contributed by atoms with Crippen molar-refractivity contribution in [3.63, 3.8) is 0 Å². The second kappa shape index (κ2) is 78.3. The van der Waals surface area contributed by atoms with Crippen LogP contribution in [0.15, 0.2) is 0 Å². The molecule has 630 valence electrons. The molecule has 5 atom stereocenters. The Bertz CT molecular complexity index is 2030. The molecule has 0 saturated carbocycles. The molecule has 0 amide bonds. The number of esters is 4. The smallest absolute Gasteiger partial charge is 0.462 e. The maximum Gasteiger partial charge on any atom is 0.472 e. The first-order valence-electron chi connectivity index (χ1n) is 45.0. The molecule has 0 aromatic heterocycles. The summed E-state index contributed by atoms with van der Waals surface area (Å²) in [5.74, 6) is -0.483. The van der Waals surface area contributed by atoms with Gasteiger partial charge in [0.15, 0.2) is 12.2 Å². The topological polar surface area (TPSA) is 237 Å². The standard InChI is InChI=1S/C87H170O17P2/c1-7-9-11-13-15-16-17-18-19-20-21-22-26-31-36-41-46-52-58-64-70-85(90)98-76-83(104-87(92)72-65-59-53-47-42-37-32-27-24-23-25-29-34-39-44-50-55-61-67-79(3)4)78-102-106(95,96)100-74-81(88)73-99-105(93,94)101-77-82(75-97-84(89)69-63-57-49-14-12-10-8-2)103-86(91)71-66-60-54-48-43-38-33-28-30-35-40-45-51-56-62-68-80(5)6/h79-83,88H,7-78H2,1-6H3,(H,93,94)(H,95,96)/t81-,82+,83+/m0/s1. The van der Waals surface area contributed by atoms with E-state index in [-0.39, 0.29) is 25.7 Å². The summed E-state index contributed by atoms with van der Waals surface area (Å²) in [5.41, 5.74) is 0. The number of hydrogen-bond acceptors (Lipinski definition) is 15. The van der Waals surface area contributed by atoms with Gasteiger partial charge in [0.2, 0.25) is 0 Å². The summed E-state index contributed by atoms with van der Waals surface area (Å²) in [6, 6.07) is 0. The van der Waals surface area contributed by atoms with E-state index in [1.54, 1.807) is 0 Å². The minimum absolute atomic E-state index is 0.108. The largest absolute Gasteiger partial charge is 0.472 e. The fraction of sp³-hybridized carbons (Fsp3) is 0.954. The van der Waals surface area contributed by atoms with Gasteiger partial charge in [0.1, 0.15) is 19.3 Å². The van der Waals surface area contributed by atoms with Crippen molar-refractivity contribution < 1.29 is 80.2 Å². The third kappa shape index (κ3) is 80.1. The average molecular weight is 1550 g/mol. The molecule has 2 unspecified atom stereocenters. The predicted molar refractivity (Wildman–Crippen MR) is 437 cm³/mol. The highest BCUT2D eigenvalue weighted by Gasteiger charge is 2.30. The molecule has 0 saturated heterocycles. The van der Waals surface area contributed by atoms with Gasteiger partial charge in [-0.05, 0) is 37.5 Å². The lowest BCUT2D eigenvalue weighted by Crippen LogP contribution is -2.30. The molecule has 0 aliphatic rings. The van der Waals surface area contributed by atoms with Gasteiger partial charge in [-0.3, -0.25) is 37.3 Å². The summed E-state index contributed by atoms with van der Waals surface area (Å²) in [6.45, 7) is 9.69. The highest BCUT2D eigenvalue weighted by atomic mass is 31.2. The minimum Gasteiger partial charge on any atom is -0.462 e. The number of carbonyl (C=O) groups is 4. The van der Waals surface area contributed by atoms with E-state index in [1.165, 1.54) is 270 Å². The normalized spacial score (nSPS) is 13.8. The highest BCUT2D eigenvalue weighted by Crippen LogP contribution is 2.45. The van der Waals surface area contributed by atoms with Crippen molar-refractivity contribution in [3.05, 3.63) is 0 Å². The summed E-state index contributed by atoms with van der Waals surface area (Å²) < 4.78 is 68.8. The minimum atomic E-state index is -4.96. The van der Waals surface area contributed by atoms with Gasteiger partial charge in [0.25, 0.3) is 0 Å². The van der Waals surface area contributed by atoms with E-state index in [9.17, 15) is 43.2 Å². The lowest BCUT2D eigenvalue weighted by atomic mass is 10.0. The summed E-state index contributed by atoms with van der Waals surface area (Å²) in [7, 11) is -9.92. The molecule has 0 spiro atoms. The van der Waals surface area contributed by atoms with E-state index in [0.717, 1.165) is 115 Å². The number of aliphatic hydroxyl groups excluding tert-OH is 1. The zero-order chi connectivity index (χ0) is 77.8. The molecule has 19 heteroatoms. The van der Waals surface area contributed by atoms with Crippen LogP contribution in [0, 0.1) is 11.8 Å². The molecule has 0 aliphatic carbocycles. The van der Waals surface area contributed by atoms with Crippen molar-refractivity contribution in [3.8, 4) is 0 Å². The van der Waals surface area contributed by atoms with Crippen LogP contribution in [0.1, 0.15) is 465 Å². The van der Waals surface area contributed by atoms with Gasteiger partial charge in [-0.1, -0.05) is 414 Å². The zero-order valence-electron chi connectivity index (χ0n) is 69.7. The Kier molecular flexibility index (Phi) is 76.9. The molecule has 0 fully saturated rings. The molecule has 0 heterocycles. The maximum absolute atomic E-state index is 13.1. The third-order valence-electron chi connectivity index (χ3n) is 20.5. The summed E-state index contributed by atoms with van der Waals surface area (Å²) in [5, 5.41) is 10.7. The Morgan fingerprint density at radius 2 is 0.434 bits per heavy atom. The van der Waals surface area contributed by atoms with Crippen LogP contribution in [0.5, 0.6) is 0 Å². The molecular formula is C87H170O17P2. The SMILES string of the molecule is CCCCCCCCCCCCCCCCCCCCCCC(=O)OC[C@H](COP(=O)(O)OC[C@@H](O)COP(=O)(O)OC[C@@H](COC(=O)CCCCCCCCC)OC(=O)CCCCCCCCCCCCCCCCCC(C)C)OC(=O)CCCCCCCCCCCCCCCCCCCCC(C)C. The quantitative estimate of drug-likeness (QED) is 0.0222. The van der Waals surface area contributed by atoms with Gasteiger partial charge in [0, 0.05) is 25.7 Å². The lowest BCUT2D eigenvalue weighted by molar-refractivity contribution is -0.161. The molecule has 17 nitrogen and oxygen atoms in total. The van der Waals surface area contributed by atoms with Crippen molar-refractivity contribution in [2.24, 2.45) is 11.8 Å². The van der Waals surface area contributed by atoms with Crippen molar-refractivity contribution in [1.82, 2.24) is 0 Å². The maximum atomic E-state index is 13.1. The van der Waals surface area contributed by atoms with E-state index >= 15 is 0 Å². The molecule has 0 aliphatic heterocycles. The average Bonchev–Trinajstić information content (AvgIpc) is 0.912. The first kappa shape index (κ1) is 104. The van der Waals surface area contributed by atoms with Gasteiger partial charge in [-0.25, -0.2) is 9.13 Å². The Labute approximate surface area is 651 Å². The molecule has 106 heavy (non-hydrogen) atoms. The molecular weight excluding hydrogens is 1380 g/mol. The Hall–Kier alpha value is -1.94. The number of unbranched alkanes of at least 4 members (excludes halogenated alkanes) is 56. The molecule has 0 aromatic rings. The number of carbonyl (C=O) groups excluding carboxylic acids is 4. The fourth-order valence-corrected chi connectivity index (χ4v) is 15.2. The molecule has 0 radical (unpaired) electrons. The first-order valence-corrected chi connectivity index (χ1v) is 48.0. The van der Waals surface area contributed by atoms with Gasteiger partial charge < -0.3 is 33.8 Å². The summed E-state index contributed by atoms with van der Waals surface area (Å²) in [6.07, 6.45) is 71.1. The lowest BCUT2D eigenvalue weighted by Gasteiger charge is -2.21. The molecule has 0 aromatic carbocycles. The van der Waals surface area contributed by atoms with Crippen molar-refractivity contribution in [2.45, 2.75) is 484 Å². The van der Waals surface area contributed by atoms with Crippen LogP contribution in [-0.2, 0) is 65.4 Å². The third-order valence-corrected chi connectivity index (χ3v) is 22.4. The number of phosphoric acid groups is 2. The predicted octanol–water partition coefficient (Wildman–Crippen LogP) is 26.6. The molecule has 0 rings (SSSR count). The fourth-order valence-electron chi connectivity index (χ4n) is 13.6. The Balaban J connectivity index is 5.16. The monoisotopic (exact) mass is 1550 g/mol. The Morgan fingerprint density at radius 3 is 0.642 bits per heavy atom.